The number of benzene rings is 1. The van der Waals surface area contributed by atoms with E-state index in [-0.39, 0.29) is 11.8 Å². The van der Waals surface area contributed by atoms with Gasteiger partial charge in [-0.15, -0.1) is 11.6 Å². The highest BCUT2D eigenvalue weighted by molar-refractivity contribution is 9.10. The molecule has 0 bridgehead atoms. The number of halogens is 3. The summed E-state index contributed by atoms with van der Waals surface area (Å²) in [6, 6.07) is 4.00. The molecule has 1 amide bonds. The number of carbonyl (C=O) groups excluding carboxylic acids is 1. The highest BCUT2D eigenvalue weighted by Crippen LogP contribution is 2.17. The van der Waals surface area contributed by atoms with Gasteiger partial charge in [-0.2, -0.15) is 0 Å². The van der Waals surface area contributed by atoms with Crippen LogP contribution in [0.25, 0.3) is 0 Å². The first-order valence-electron chi connectivity index (χ1n) is 4.83. The molecule has 0 heterocycles. The second-order valence-corrected chi connectivity index (χ2v) is 4.76. The van der Waals surface area contributed by atoms with Crippen LogP contribution in [0.5, 0.6) is 0 Å². The Balaban J connectivity index is 2.69. The van der Waals surface area contributed by atoms with Gasteiger partial charge in [0.25, 0.3) is 5.91 Å². The molecule has 2 nitrogen and oxygen atoms in total. The lowest BCUT2D eigenvalue weighted by molar-refractivity contribution is 0.0948. The minimum Gasteiger partial charge on any atom is -0.352 e. The highest BCUT2D eigenvalue weighted by Gasteiger charge is 2.11. The van der Waals surface area contributed by atoms with Gasteiger partial charge in [0.05, 0.1) is 5.56 Å². The molecular weight excluding hydrogens is 296 g/mol. The predicted octanol–water partition coefficient (Wildman–Crippen LogP) is 3.19. The van der Waals surface area contributed by atoms with Crippen molar-refractivity contribution in [3.05, 3.63) is 34.1 Å². The summed E-state index contributed by atoms with van der Waals surface area (Å²) >= 11 is 8.82. The van der Waals surface area contributed by atoms with Crippen LogP contribution < -0.4 is 5.32 Å². The Bertz CT molecular complexity index is 386. The van der Waals surface area contributed by atoms with E-state index in [9.17, 15) is 9.18 Å². The molecule has 0 fully saturated rings. The Morgan fingerprint density at radius 2 is 2.31 bits per heavy atom. The summed E-state index contributed by atoms with van der Waals surface area (Å²) in [6.07, 6.45) is 0. The van der Waals surface area contributed by atoms with Crippen molar-refractivity contribution in [2.24, 2.45) is 5.92 Å². The van der Waals surface area contributed by atoms with Crippen molar-refractivity contribution in [1.29, 1.82) is 0 Å². The number of amides is 1. The quantitative estimate of drug-likeness (QED) is 0.850. The van der Waals surface area contributed by atoms with Crippen molar-refractivity contribution >= 4 is 33.4 Å². The zero-order chi connectivity index (χ0) is 12.1. The van der Waals surface area contributed by atoms with E-state index in [0.29, 0.717) is 22.5 Å². The molecule has 1 unspecified atom stereocenters. The van der Waals surface area contributed by atoms with Crippen molar-refractivity contribution in [2.75, 3.05) is 12.4 Å². The Morgan fingerprint density at radius 1 is 1.62 bits per heavy atom. The second kappa shape index (κ2) is 6.21. The average Bonchev–Trinajstić information content (AvgIpc) is 2.28. The van der Waals surface area contributed by atoms with E-state index in [0.717, 1.165) is 0 Å². The standard InChI is InChI=1S/C11H12BrClFNO/c1-7(5-13)6-15-11(16)9-4-8(14)2-3-10(9)12/h2-4,7H,5-6H2,1H3,(H,15,16). The lowest BCUT2D eigenvalue weighted by Gasteiger charge is -2.10. The first-order valence-corrected chi connectivity index (χ1v) is 6.16. The summed E-state index contributed by atoms with van der Waals surface area (Å²) < 4.78 is 13.5. The van der Waals surface area contributed by atoms with Crippen molar-refractivity contribution < 1.29 is 9.18 Å². The molecule has 1 N–H and O–H groups in total. The van der Waals surface area contributed by atoms with Gasteiger partial charge in [-0.05, 0) is 40.0 Å². The molecule has 0 saturated heterocycles. The van der Waals surface area contributed by atoms with E-state index in [1.54, 1.807) is 0 Å². The van der Waals surface area contributed by atoms with Crippen LogP contribution in [0.2, 0.25) is 0 Å². The van der Waals surface area contributed by atoms with E-state index in [1.165, 1.54) is 18.2 Å². The Morgan fingerprint density at radius 3 is 2.94 bits per heavy atom. The number of carbonyl (C=O) groups is 1. The van der Waals surface area contributed by atoms with Crippen LogP contribution >= 0.6 is 27.5 Å². The van der Waals surface area contributed by atoms with Crippen LogP contribution in [-0.4, -0.2) is 18.3 Å². The summed E-state index contributed by atoms with van der Waals surface area (Å²) in [7, 11) is 0. The van der Waals surface area contributed by atoms with E-state index >= 15 is 0 Å². The molecule has 0 radical (unpaired) electrons. The van der Waals surface area contributed by atoms with Gasteiger partial charge in [0.1, 0.15) is 5.82 Å². The van der Waals surface area contributed by atoms with E-state index in [1.807, 2.05) is 6.92 Å². The van der Waals surface area contributed by atoms with Crippen molar-refractivity contribution in [3.63, 3.8) is 0 Å². The predicted molar refractivity (Wildman–Crippen MR) is 66.3 cm³/mol. The van der Waals surface area contributed by atoms with Gasteiger partial charge in [-0.3, -0.25) is 4.79 Å². The van der Waals surface area contributed by atoms with Crippen LogP contribution in [-0.2, 0) is 0 Å². The maximum atomic E-state index is 13.0. The van der Waals surface area contributed by atoms with Crippen LogP contribution in [0.1, 0.15) is 17.3 Å². The molecule has 1 rings (SSSR count). The number of alkyl halides is 1. The summed E-state index contributed by atoms with van der Waals surface area (Å²) in [5.74, 6) is -0.0648. The molecule has 16 heavy (non-hydrogen) atoms. The zero-order valence-electron chi connectivity index (χ0n) is 8.77. The average molecular weight is 309 g/mol. The van der Waals surface area contributed by atoms with Gasteiger partial charge >= 0.3 is 0 Å². The maximum Gasteiger partial charge on any atom is 0.252 e. The molecule has 5 heteroatoms. The van der Waals surface area contributed by atoms with Gasteiger partial charge in [-0.25, -0.2) is 4.39 Å². The van der Waals surface area contributed by atoms with Gasteiger partial charge in [0, 0.05) is 16.9 Å². The van der Waals surface area contributed by atoms with Crippen molar-refractivity contribution in [3.8, 4) is 0 Å². The lowest BCUT2D eigenvalue weighted by Crippen LogP contribution is -2.29. The summed E-state index contributed by atoms with van der Waals surface area (Å²) in [5.41, 5.74) is 0.293. The molecule has 1 aromatic rings. The molecule has 1 aromatic carbocycles. The molecule has 0 spiro atoms. The van der Waals surface area contributed by atoms with E-state index < -0.39 is 5.82 Å². The number of nitrogens with one attached hydrogen (secondary N) is 1. The molecular formula is C11H12BrClFNO. The summed E-state index contributed by atoms with van der Waals surface area (Å²) in [4.78, 5) is 11.7. The fraction of sp³-hybridized carbons (Fsp3) is 0.364. The molecule has 0 aliphatic heterocycles. The molecule has 0 saturated carbocycles. The molecule has 0 aromatic heterocycles. The third-order valence-corrected chi connectivity index (χ3v) is 3.27. The van der Waals surface area contributed by atoms with Crippen LogP contribution in [0.4, 0.5) is 4.39 Å². The Kier molecular flexibility index (Phi) is 5.22. The van der Waals surface area contributed by atoms with Gasteiger partial charge in [-0.1, -0.05) is 6.92 Å². The van der Waals surface area contributed by atoms with Gasteiger partial charge < -0.3 is 5.32 Å². The minimum atomic E-state index is -0.432. The van der Waals surface area contributed by atoms with Gasteiger partial charge in [0.2, 0.25) is 0 Å². The maximum absolute atomic E-state index is 13.0. The number of rotatable bonds is 4. The monoisotopic (exact) mass is 307 g/mol. The smallest absolute Gasteiger partial charge is 0.252 e. The summed E-state index contributed by atoms with van der Waals surface area (Å²) in [5, 5.41) is 2.70. The topological polar surface area (TPSA) is 29.1 Å². The SMILES string of the molecule is CC(CCl)CNC(=O)c1cc(F)ccc1Br. The number of hydrogen-bond acceptors (Lipinski definition) is 1. The van der Waals surface area contributed by atoms with E-state index in [4.69, 9.17) is 11.6 Å². The van der Waals surface area contributed by atoms with Gasteiger partial charge in [0.15, 0.2) is 0 Å². The molecule has 0 aliphatic carbocycles. The van der Waals surface area contributed by atoms with Crippen LogP contribution in [0, 0.1) is 11.7 Å². The fourth-order valence-corrected chi connectivity index (χ4v) is 1.62. The molecule has 0 aliphatic rings. The summed E-state index contributed by atoms with van der Waals surface area (Å²) in [6.45, 7) is 2.40. The Hall–Kier alpha value is -0.610. The van der Waals surface area contributed by atoms with Crippen LogP contribution in [0.3, 0.4) is 0 Å². The second-order valence-electron chi connectivity index (χ2n) is 3.59. The molecule has 88 valence electrons. The third kappa shape index (κ3) is 3.76. The first kappa shape index (κ1) is 13.5. The van der Waals surface area contributed by atoms with E-state index in [2.05, 4.69) is 21.2 Å². The Labute approximate surface area is 107 Å². The lowest BCUT2D eigenvalue weighted by atomic mass is 10.2. The van der Waals surface area contributed by atoms with Crippen molar-refractivity contribution in [1.82, 2.24) is 5.32 Å². The minimum absolute atomic E-state index is 0.193. The first-order chi connectivity index (χ1) is 7.54. The largest absolute Gasteiger partial charge is 0.352 e. The number of hydrogen-bond donors (Lipinski definition) is 1. The van der Waals surface area contributed by atoms with Crippen LogP contribution in [0.15, 0.2) is 22.7 Å². The third-order valence-electron chi connectivity index (χ3n) is 2.05. The molecule has 1 atom stereocenters. The van der Waals surface area contributed by atoms with Crippen molar-refractivity contribution in [2.45, 2.75) is 6.92 Å². The fourth-order valence-electron chi connectivity index (χ4n) is 1.09. The highest BCUT2D eigenvalue weighted by atomic mass is 79.9. The normalized spacial score (nSPS) is 12.2. The zero-order valence-corrected chi connectivity index (χ0v) is 11.1.